The van der Waals surface area contributed by atoms with Gasteiger partial charge in [-0.25, -0.2) is 0 Å². The molecule has 4 nitrogen and oxygen atoms in total. The average molecular weight is 275 g/mol. The Balaban J connectivity index is 1.92. The Morgan fingerprint density at radius 1 is 1.10 bits per heavy atom. The van der Waals surface area contributed by atoms with Gasteiger partial charge in [0.15, 0.2) is 0 Å². The Bertz CT molecular complexity index is 531. The smallest absolute Gasteiger partial charge is 0.146 e. The van der Waals surface area contributed by atoms with Gasteiger partial charge in [-0.3, -0.25) is 0 Å². The van der Waals surface area contributed by atoms with Crippen LogP contribution < -0.4 is 14.8 Å². The van der Waals surface area contributed by atoms with Gasteiger partial charge < -0.3 is 19.2 Å². The quantitative estimate of drug-likeness (QED) is 0.842. The number of hydrogen-bond donors (Lipinski definition) is 1. The standard InChI is InChI=1S/C16H21NO3/c1-4-18-14-5-7-15(8-6-14)19-11-16-9-13(10-17-3)12(2)20-16/h5-9,17H,4,10-11H2,1-3H3. The second-order valence-electron chi connectivity index (χ2n) is 4.52. The monoisotopic (exact) mass is 275 g/mol. The molecule has 0 bridgehead atoms. The molecule has 1 aromatic heterocycles. The predicted molar refractivity (Wildman–Crippen MR) is 78.2 cm³/mol. The second kappa shape index (κ2) is 7.01. The summed E-state index contributed by atoms with van der Waals surface area (Å²) in [7, 11) is 1.92. The maximum Gasteiger partial charge on any atom is 0.146 e. The Hall–Kier alpha value is -1.94. The summed E-state index contributed by atoms with van der Waals surface area (Å²) in [5.74, 6) is 3.42. The van der Waals surface area contributed by atoms with Crippen LogP contribution in [0, 0.1) is 6.92 Å². The summed E-state index contributed by atoms with van der Waals surface area (Å²) in [6, 6.07) is 9.63. The van der Waals surface area contributed by atoms with E-state index in [2.05, 4.69) is 5.32 Å². The summed E-state index contributed by atoms with van der Waals surface area (Å²) in [4.78, 5) is 0. The highest BCUT2D eigenvalue weighted by Crippen LogP contribution is 2.20. The molecule has 0 aliphatic rings. The summed E-state index contributed by atoms with van der Waals surface area (Å²) in [6.07, 6.45) is 0. The van der Waals surface area contributed by atoms with Crippen LogP contribution in [-0.4, -0.2) is 13.7 Å². The Morgan fingerprint density at radius 2 is 1.75 bits per heavy atom. The molecule has 0 unspecified atom stereocenters. The van der Waals surface area contributed by atoms with Crippen molar-refractivity contribution in [3.05, 3.63) is 47.4 Å². The predicted octanol–water partition coefficient (Wildman–Crippen LogP) is 3.29. The van der Waals surface area contributed by atoms with E-state index in [1.54, 1.807) is 0 Å². The van der Waals surface area contributed by atoms with E-state index in [9.17, 15) is 0 Å². The minimum Gasteiger partial charge on any atom is -0.494 e. The molecular formula is C16H21NO3. The van der Waals surface area contributed by atoms with E-state index in [0.29, 0.717) is 13.2 Å². The SMILES string of the molecule is CCOc1ccc(OCc2cc(CNC)c(C)o2)cc1. The van der Waals surface area contributed by atoms with Crippen molar-refractivity contribution >= 4 is 0 Å². The molecule has 1 heterocycles. The van der Waals surface area contributed by atoms with Gasteiger partial charge in [-0.1, -0.05) is 0 Å². The van der Waals surface area contributed by atoms with E-state index in [4.69, 9.17) is 13.9 Å². The first kappa shape index (κ1) is 14.5. The number of hydrogen-bond acceptors (Lipinski definition) is 4. The minimum atomic E-state index is 0.429. The first-order valence-electron chi connectivity index (χ1n) is 6.81. The van der Waals surface area contributed by atoms with Crippen LogP contribution in [0.1, 0.15) is 24.0 Å². The van der Waals surface area contributed by atoms with Gasteiger partial charge in [0.1, 0.15) is 29.6 Å². The minimum absolute atomic E-state index is 0.429. The van der Waals surface area contributed by atoms with Gasteiger partial charge >= 0.3 is 0 Å². The molecule has 0 aliphatic heterocycles. The topological polar surface area (TPSA) is 43.6 Å². The molecule has 0 saturated heterocycles. The third-order valence-electron chi connectivity index (χ3n) is 2.95. The molecule has 0 saturated carbocycles. The van der Waals surface area contributed by atoms with Crippen molar-refractivity contribution in [3.63, 3.8) is 0 Å². The largest absolute Gasteiger partial charge is 0.494 e. The zero-order valence-corrected chi connectivity index (χ0v) is 12.2. The van der Waals surface area contributed by atoms with Crippen LogP contribution in [0.5, 0.6) is 11.5 Å². The number of aryl methyl sites for hydroxylation is 1. The van der Waals surface area contributed by atoms with Crippen molar-refractivity contribution in [1.29, 1.82) is 0 Å². The summed E-state index contributed by atoms with van der Waals surface area (Å²) in [6.45, 7) is 5.83. The first-order valence-corrected chi connectivity index (χ1v) is 6.81. The summed E-state index contributed by atoms with van der Waals surface area (Å²) >= 11 is 0. The zero-order chi connectivity index (χ0) is 14.4. The van der Waals surface area contributed by atoms with Gasteiger partial charge in [0, 0.05) is 12.1 Å². The third-order valence-corrected chi connectivity index (χ3v) is 2.95. The van der Waals surface area contributed by atoms with Gasteiger partial charge in [0.2, 0.25) is 0 Å². The van der Waals surface area contributed by atoms with Crippen LogP contribution in [0.15, 0.2) is 34.7 Å². The number of nitrogens with one attached hydrogen (secondary N) is 1. The van der Waals surface area contributed by atoms with E-state index >= 15 is 0 Å². The van der Waals surface area contributed by atoms with Gasteiger partial charge in [0.05, 0.1) is 6.61 Å². The van der Waals surface area contributed by atoms with Crippen LogP contribution in [0.4, 0.5) is 0 Å². The Morgan fingerprint density at radius 3 is 2.35 bits per heavy atom. The molecular weight excluding hydrogens is 254 g/mol. The Kier molecular flexibility index (Phi) is 5.07. The summed E-state index contributed by atoms with van der Waals surface area (Å²) < 4.78 is 16.8. The lowest BCUT2D eigenvalue weighted by atomic mass is 10.2. The molecule has 0 amide bonds. The van der Waals surface area contributed by atoms with Crippen LogP contribution in [0.25, 0.3) is 0 Å². The van der Waals surface area contributed by atoms with Crippen LogP contribution in [-0.2, 0) is 13.2 Å². The molecule has 0 spiro atoms. The highest BCUT2D eigenvalue weighted by Gasteiger charge is 2.07. The Labute approximate surface area is 119 Å². The zero-order valence-electron chi connectivity index (χ0n) is 12.2. The third kappa shape index (κ3) is 3.78. The number of ether oxygens (including phenoxy) is 2. The molecule has 2 rings (SSSR count). The fraction of sp³-hybridized carbons (Fsp3) is 0.375. The maximum absolute atomic E-state index is 5.70. The molecule has 0 radical (unpaired) electrons. The highest BCUT2D eigenvalue weighted by molar-refractivity contribution is 5.31. The van der Waals surface area contributed by atoms with E-state index in [1.807, 2.05) is 51.2 Å². The van der Waals surface area contributed by atoms with Gasteiger partial charge in [-0.05, 0) is 51.2 Å². The van der Waals surface area contributed by atoms with Crippen molar-refractivity contribution in [2.75, 3.05) is 13.7 Å². The second-order valence-corrected chi connectivity index (χ2v) is 4.52. The lowest BCUT2D eigenvalue weighted by molar-refractivity contribution is 0.267. The van der Waals surface area contributed by atoms with Gasteiger partial charge in [0.25, 0.3) is 0 Å². The molecule has 0 atom stereocenters. The number of benzene rings is 1. The molecule has 108 valence electrons. The number of rotatable bonds is 7. The molecule has 20 heavy (non-hydrogen) atoms. The maximum atomic E-state index is 5.70. The van der Waals surface area contributed by atoms with Crippen LogP contribution >= 0.6 is 0 Å². The van der Waals surface area contributed by atoms with Crippen molar-refractivity contribution < 1.29 is 13.9 Å². The molecule has 1 aromatic carbocycles. The van der Waals surface area contributed by atoms with Crippen LogP contribution in [0.2, 0.25) is 0 Å². The van der Waals surface area contributed by atoms with Gasteiger partial charge in [-0.15, -0.1) is 0 Å². The van der Waals surface area contributed by atoms with Crippen molar-refractivity contribution in [2.24, 2.45) is 0 Å². The van der Waals surface area contributed by atoms with E-state index in [1.165, 1.54) is 0 Å². The molecule has 2 aromatic rings. The van der Waals surface area contributed by atoms with Crippen molar-refractivity contribution in [3.8, 4) is 11.5 Å². The molecule has 0 aliphatic carbocycles. The van der Waals surface area contributed by atoms with E-state index in [0.717, 1.165) is 35.1 Å². The summed E-state index contributed by atoms with van der Waals surface area (Å²) in [5.41, 5.74) is 1.16. The number of furan rings is 1. The highest BCUT2D eigenvalue weighted by atomic mass is 16.5. The van der Waals surface area contributed by atoms with Crippen LogP contribution in [0.3, 0.4) is 0 Å². The lowest BCUT2D eigenvalue weighted by Gasteiger charge is -2.06. The normalized spacial score (nSPS) is 10.6. The van der Waals surface area contributed by atoms with E-state index < -0.39 is 0 Å². The summed E-state index contributed by atoms with van der Waals surface area (Å²) in [5, 5.41) is 3.12. The molecule has 1 N–H and O–H groups in total. The van der Waals surface area contributed by atoms with Crippen molar-refractivity contribution in [2.45, 2.75) is 27.0 Å². The lowest BCUT2D eigenvalue weighted by Crippen LogP contribution is -2.04. The first-order chi connectivity index (χ1) is 9.72. The fourth-order valence-electron chi connectivity index (χ4n) is 1.98. The van der Waals surface area contributed by atoms with E-state index in [-0.39, 0.29) is 0 Å². The average Bonchev–Trinajstić information content (AvgIpc) is 2.80. The van der Waals surface area contributed by atoms with Crippen molar-refractivity contribution in [1.82, 2.24) is 5.32 Å². The fourth-order valence-corrected chi connectivity index (χ4v) is 1.98. The molecule has 0 fully saturated rings. The molecule has 4 heteroatoms. The van der Waals surface area contributed by atoms with Gasteiger partial charge in [-0.2, -0.15) is 0 Å².